The number of benzene rings is 2. The van der Waals surface area contributed by atoms with Crippen molar-refractivity contribution < 1.29 is 19.0 Å². The molecule has 37 heavy (non-hydrogen) atoms. The summed E-state index contributed by atoms with van der Waals surface area (Å²) in [5, 5.41) is 8.05. The van der Waals surface area contributed by atoms with E-state index in [1.54, 1.807) is 49.5 Å². The molecule has 0 aliphatic heterocycles. The molecule has 0 aliphatic rings. The van der Waals surface area contributed by atoms with Gasteiger partial charge in [-0.2, -0.15) is 5.10 Å². The number of rotatable bonds is 9. The number of ether oxygens (including phenoxy) is 3. The Hall–Kier alpha value is -4.92. The van der Waals surface area contributed by atoms with Crippen molar-refractivity contribution in [3.05, 3.63) is 102 Å². The minimum absolute atomic E-state index is 0.293. The molecule has 0 bridgehead atoms. The molecule has 186 valence electrons. The van der Waals surface area contributed by atoms with Crippen molar-refractivity contribution in [2.45, 2.75) is 13.2 Å². The predicted molar refractivity (Wildman–Crippen MR) is 139 cm³/mol. The second-order valence-corrected chi connectivity index (χ2v) is 8.23. The lowest BCUT2D eigenvalue weighted by Crippen LogP contribution is -2.12. The van der Waals surface area contributed by atoms with Crippen molar-refractivity contribution in [3.63, 3.8) is 0 Å². The summed E-state index contributed by atoms with van der Waals surface area (Å²) in [6, 6.07) is 20.7. The van der Waals surface area contributed by atoms with Crippen LogP contribution in [0.2, 0.25) is 0 Å². The third kappa shape index (κ3) is 5.51. The Bertz CT molecular complexity index is 1520. The van der Waals surface area contributed by atoms with E-state index in [0.29, 0.717) is 47.4 Å². The minimum Gasteiger partial charge on any atom is -0.497 e. The van der Waals surface area contributed by atoms with E-state index in [1.807, 2.05) is 48.5 Å². The zero-order valence-electron chi connectivity index (χ0n) is 20.4. The van der Waals surface area contributed by atoms with Gasteiger partial charge in [-0.15, -0.1) is 0 Å². The highest BCUT2D eigenvalue weighted by molar-refractivity contribution is 6.05. The van der Waals surface area contributed by atoms with Crippen LogP contribution in [0.3, 0.4) is 0 Å². The monoisotopic (exact) mass is 495 g/mol. The Kier molecular flexibility index (Phi) is 6.93. The van der Waals surface area contributed by atoms with Gasteiger partial charge in [-0.3, -0.25) is 4.79 Å². The maximum Gasteiger partial charge on any atom is 0.257 e. The van der Waals surface area contributed by atoms with E-state index in [4.69, 9.17) is 14.2 Å². The molecule has 0 saturated carbocycles. The molecule has 9 nitrogen and oxygen atoms in total. The summed E-state index contributed by atoms with van der Waals surface area (Å²) < 4.78 is 18.2. The highest BCUT2D eigenvalue weighted by Crippen LogP contribution is 2.26. The number of hydrogen-bond acceptors (Lipinski definition) is 7. The van der Waals surface area contributed by atoms with Crippen LogP contribution in [0.4, 0.5) is 5.69 Å². The molecule has 1 amide bonds. The first-order valence-corrected chi connectivity index (χ1v) is 11.6. The number of carbonyl (C=O) groups is 1. The van der Waals surface area contributed by atoms with Gasteiger partial charge in [-0.25, -0.2) is 14.6 Å². The molecule has 0 atom stereocenters. The molecular formula is C28H25N5O4. The summed E-state index contributed by atoms with van der Waals surface area (Å²) >= 11 is 0. The number of amides is 1. The quantitative estimate of drug-likeness (QED) is 0.316. The van der Waals surface area contributed by atoms with Gasteiger partial charge in [-0.05, 0) is 29.8 Å². The van der Waals surface area contributed by atoms with Crippen molar-refractivity contribution >= 4 is 22.6 Å². The number of anilines is 1. The molecule has 2 aromatic carbocycles. The number of nitrogens with one attached hydrogen (secondary N) is 1. The molecule has 0 saturated heterocycles. The van der Waals surface area contributed by atoms with E-state index in [-0.39, 0.29) is 5.91 Å². The van der Waals surface area contributed by atoms with E-state index in [1.165, 1.54) is 6.20 Å². The lowest BCUT2D eigenvalue weighted by atomic mass is 10.2. The highest BCUT2D eigenvalue weighted by Gasteiger charge is 2.13. The standard InChI is InChI=1S/C28H25N5O4/c1-35-24-10-8-20(25(13-24)36-2)17-33-27-21(15-31-33)12-22(14-30-27)28(34)32-23-9-11-26(29-16-23)37-18-19-6-4-3-5-7-19/h3-16H,17-18H2,1-2H3,(H,32,34). The molecule has 0 fully saturated rings. The summed E-state index contributed by atoms with van der Waals surface area (Å²) in [6.45, 7) is 0.879. The van der Waals surface area contributed by atoms with Crippen LogP contribution in [0.1, 0.15) is 21.5 Å². The molecule has 0 aliphatic carbocycles. The Morgan fingerprint density at radius 3 is 2.54 bits per heavy atom. The summed E-state index contributed by atoms with van der Waals surface area (Å²) in [5.41, 5.74) is 3.62. The summed E-state index contributed by atoms with van der Waals surface area (Å²) in [7, 11) is 3.23. The maximum atomic E-state index is 12.8. The minimum atomic E-state index is -0.293. The SMILES string of the molecule is COc1ccc(Cn2ncc3cc(C(=O)Nc4ccc(OCc5ccccc5)nc4)cnc32)c(OC)c1. The van der Waals surface area contributed by atoms with Crippen LogP contribution in [0.25, 0.3) is 11.0 Å². The summed E-state index contributed by atoms with van der Waals surface area (Å²) in [6.07, 6.45) is 4.78. The van der Waals surface area contributed by atoms with Gasteiger partial charge < -0.3 is 19.5 Å². The fraction of sp³-hybridized carbons (Fsp3) is 0.143. The smallest absolute Gasteiger partial charge is 0.257 e. The van der Waals surface area contributed by atoms with Crippen LogP contribution in [0.5, 0.6) is 17.4 Å². The predicted octanol–water partition coefficient (Wildman–Crippen LogP) is 4.72. The topological polar surface area (TPSA) is 100 Å². The summed E-state index contributed by atoms with van der Waals surface area (Å²) in [4.78, 5) is 21.6. The molecule has 5 rings (SSSR count). The number of fused-ring (bicyclic) bond motifs is 1. The first kappa shape index (κ1) is 23.8. The average Bonchev–Trinajstić information content (AvgIpc) is 3.35. The van der Waals surface area contributed by atoms with Crippen molar-refractivity contribution in [1.82, 2.24) is 19.7 Å². The van der Waals surface area contributed by atoms with Gasteiger partial charge in [0.15, 0.2) is 5.65 Å². The number of carbonyl (C=O) groups excluding carboxylic acids is 1. The van der Waals surface area contributed by atoms with Crippen LogP contribution >= 0.6 is 0 Å². The number of hydrogen-bond donors (Lipinski definition) is 1. The van der Waals surface area contributed by atoms with Gasteiger partial charge in [0.25, 0.3) is 5.91 Å². The van der Waals surface area contributed by atoms with Crippen LogP contribution < -0.4 is 19.5 Å². The zero-order chi connectivity index (χ0) is 25.6. The van der Waals surface area contributed by atoms with Gasteiger partial charge in [0, 0.05) is 29.3 Å². The van der Waals surface area contributed by atoms with E-state index in [2.05, 4.69) is 20.4 Å². The lowest BCUT2D eigenvalue weighted by molar-refractivity contribution is 0.102. The number of nitrogens with zero attached hydrogens (tertiary/aromatic N) is 4. The lowest BCUT2D eigenvalue weighted by Gasteiger charge is -2.11. The van der Waals surface area contributed by atoms with Gasteiger partial charge in [0.05, 0.1) is 44.4 Å². The van der Waals surface area contributed by atoms with Crippen molar-refractivity contribution in [3.8, 4) is 17.4 Å². The maximum absolute atomic E-state index is 12.8. The summed E-state index contributed by atoms with van der Waals surface area (Å²) in [5.74, 6) is 1.60. The second kappa shape index (κ2) is 10.8. The van der Waals surface area contributed by atoms with Crippen molar-refractivity contribution in [2.24, 2.45) is 0 Å². The first-order chi connectivity index (χ1) is 18.1. The molecule has 0 radical (unpaired) electrons. The van der Waals surface area contributed by atoms with E-state index < -0.39 is 0 Å². The van der Waals surface area contributed by atoms with E-state index in [9.17, 15) is 4.79 Å². The third-order valence-electron chi connectivity index (χ3n) is 5.78. The highest BCUT2D eigenvalue weighted by atomic mass is 16.5. The largest absolute Gasteiger partial charge is 0.497 e. The number of methoxy groups -OCH3 is 2. The molecule has 0 spiro atoms. The third-order valence-corrected chi connectivity index (χ3v) is 5.78. The molecule has 0 unspecified atom stereocenters. The Labute approximate surface area is 213 Å². The molecule has 9 heteroatoms. The molecule has 3 aromatic heterocycles. The Morgan fingerprint density at radius 2 is 1.78 bits per heavy atom. The van der Waals surface area contributed by atoms with Crippen LogP contribution in [-0.2, 0) is 13.2 Å². The van der Waals surface area contributed by atoms with E-state index >= 15 is 0 Å². The zero-order valence-corrected chi connectivity index (χ0v) is 20.4. The van der Waals surface area contributed by atoms with Crippen LogP contribution in [0, 0.1) is 0 Å². The van der Waals surface area contributed by atoms with E-state index in [0.717, 1.165) is 16.5 Å². The first-order valence-electron chi connectivity index (χ1n) is 11.6. The van der Waals surface area contributed by atoms with Gasteiger partial charge in [0.1, 0.15) is 18.1 Å². The normalized spacial score (nSPS) is 10.8. The van der Waals surface area contributed by atoms with Gasteiger partial charge in [0.2, 0.25) is 5.88 Å². The Balaban J connectivity index is 1.25. The van der Waals surface area contributed by atoms with Crippen LogP contribution in [0.15, 0.2) is 85.3 Å². The molecule has 5 aromatic rings. The number of aromatic nitrogens is 4. The van der Waals surface area contributed by atoms with Gasteiger partial charge in [-0.1, -0.05) is 30.3 Å². The fourth-order valence-corrected chi connectivity index (χ4v) is 3.83. The second-order valence-electron chi connectivity index (χ2n) is 8.23. The van der Waals surface area contributed by atoms with Crippen molar-refractivity contribution in [1.29, 1.82) is 0 Å². The Morgan fingerprint density at radius 1 is 0.919 bits per heavy atom. The van der Waals surface area contributed by atoms with Gasteiger partial charge >= 0.3 is 0 Å². The average molecular weight is 496 g/mol. The number of pyridine rings is 2. The van der Waals surface area contributed by atoms with Crippen LogP contribution in [-0.4, -0.2) is 39.9 Å². The molecule has 1 N–H and O–H groups in total. The fourth-order valence-electron chi connectivity index (χ4n) is 3.83. The van der Waals surface area contributed by atoms with Crippen molar-refractivity contribution in [2.75, 3.05) is 19.5 Å². The molecule has 3 heterocycles. The molecular weight excluding hydrogens is 470 g/mol.